The molecule has 0 aliphatic heterocycles. The molecule has 0 fully saturated rings. The van der Waals surface area contributed by atoms with Crippen LogP contribution in [0.5, 0.6) is 0 Å². The number of quaternary nitrogens is 1. The molecule has 160 valence electrons. The van der Waals surface area contributed by atoms with Crippen molar-refractivity contribution in [2.75, 3.05) is 37.4 Å². The number of esters is 1. The molecule has 2 aromatic rings. The highest BCUT2D eigenvalue weighted by Gasteiger charge is 2.16. The summed E-state index contributed by atoms with van der Waals surface area (Å²) >= 11 is 0. The summed E-state index contributed by atoms with van der Waals surface area (Å²) in [6.45, 7) is 6.57. The van der Waals surface area contributed by atoms with Crippen molar-refractivity contribution in [1.82, 2.24) is 0 Å². The van der Waals surface area contributed by atoms with E-state index in [-0.39, 0.29) is 30.9 Å². The van der Waals surface area contributed by atoms with Crippen LogP contribution in [0.25, 0.3) is 0 Å². The van der Waals surface area contributed by atoms with Crippen LogP contribution in [0.3, 0.4) is 0 Å². The first kappa shape index (κ1) is 23.1. The van der Waals surface area contributed by atoms with Crippen molar-refractivity contribution in [3.05, 3.63) is 59.2 Å². The molecular weight excluding hydrogens is 382 g/mol. The highest BCUT2D eigenvalue weighted by atomic mass is 16.5. The molecule has 0 aliphatic carbocycles. The van der Waals surface area contributed by atoms with E-state index < -0.39 is 0 Å². The van der Waals surface area contributed by atoms with Gasteiger partial charge in [-0.1, -0.05) is 19.1 Å². The van der Waals surface area contributed by atoms with Crippen molar-refractivity contribution in [2.24, 2.45) is 0 Å². The molecule has 7 heteroatoms. The normalized spacial score (nSPS) is 11.5. The number of nitrogens with one attached hydrogen (secondary N) is 3. The third kappa shape index (κ3) is 7.00. The Morgan fingerprint density at radius 3 is 2.20 bits per heavy atom. The number of amides is 2. The summed E-state index contributed by atoms with van der Waals surface area (Å²) in [5, 5.41) is 5.68. The summed E-state index contributed by atoms with van der Waals surface area (Å²) < 4.78 is 5.08. The Hall–Kier alpha value is -3.19. The maximum Gasteiger partial charge on any atom is 0.338 e. The molecule has 3 N–H and O–H groups in total. The highest BCUT2D eigenvalue weighted by Crippen LogP contribution is 2.17. The molecule has 1 atom stereocenters. The molecule has 0 radical (unpaired) electrons. The summed E-state index contributed by atoms with van der Waals surface area (Å²) in [6, 6.07) is 12.3. The van der Waals surface area contributed by atoms with Gasteiger partial charge < -0.3 is 20.3 Å². The molecule has 0 aliphatic rings. The number of benzene rings is 2. The number of aryl methyl sites for hydroxylation is 1. The monoisotopic (exact) mass is 412 g/mol. The highest BCUT2D eigenvalue weighted by molar-refractivity contribution is 5.94. The minimum atomic E-state index is -0.381. The van der Waals surface area contributed by atoms with E-state index in [0.717, 1.165) is 28.1 Å². The van der Waals surface area contributed by atoms with Gasteiger partial charge in [-0.3, -0.25) is 9.59 Å². The minimum Gasteiger partial charge on any atom is -0.462 e. The summed E-state index contributed by atoms with van der Waals surface area (Å²) in [4.78, 5) is 37.1. The van der Waals surface area contributed by atoms with Gasteiger partial charge in [-0.15, -0.1) is 0 Å². The third-order valence-corrected chi connectivity index (χ3v) is 4.65. The van der Waals surface area contributed by atoms with Crippen molar-refractivity contribution in [2.45, 2.75) is 27.2 Å². The maximum atomic E-state index is 12.3. The summed E-state index contributed by atoms with van der Waals surface area (Å²) in [5.41, 5.74) is 3.95. The van der Waals surface area contributed by atoms with Gasteiger partial charge in [0.2, 0.25) is 0 Å². The number of likely N-dealkylation sites (N-methyl/N-ethyl adjacent to an activating group) is 1. The van der Waals surface area contributed by atoms with E-state index >= 15 is 0 Å². The van der Waals surface area contributed by atoms with Crippen LogP contribution in [-0.4, -0.2) is 44.5 Å². The maximum absolute atomic E-state index is 12.3. The second-order valence-corrected chi connectivity index (χ2v) is 7.37. The van der Waals surface area contributed by atoms with E-state index in [1.165, 1.54) is 0 Å². The van der Waals surface area contributed by atoms with Crippen LogP contribution in [0.2, 0.25) is 0 Å². The molecule has 30 heavy (non-hydrogen) atoms. The van der Waals surface area contributed by atoms with E-state index in [2.05, 4.69) is 10.6 Å². The predicted octanol–water partition coefficient (Wildman–Crippen LogP) is 1.96. The first-order chi connectivity index (χ1) is 14.3. The topological polar surface area (TPSA) is 88.9 Å². The molecule has 0 bridgehead atoms. The molecule has 2 aromatic carbocycles. The number of carbonyl (C=O) groups is 3. The number of anilines is 2. The molecule has 0 spiro atoms. The number of hydrogen-bond donors (Lipinski definition) is 3. The van der Waals surface area contributed by atoms with E-state index in [1.54, 1.807) is 31.3 Å². The zero-order valence-electron chi connectivity index (χ0n) is 18.0. The SMILES string of the molecule is CCCOC(=O)c1ccc(NC(=O)C[NH+](C)CC(=O)Nc2cccc(C)c2C)cc1. The van der Waals surface area contributed by atoms with Crippen molar-refractivity contribution < 1.29 is 24.0 Å². The number of rotatable bonds is 9. The second-order valence-electron chi connectivity index (χ2n) is 7.37. The van der Waals surface area contributed by atoms with E-state index in [9.17, 15) is 14.4 Å². The molecule has 0 saturated heterocycles. The standard InChI is InChI=1S/C23H29N3O4/c1-5-13-30-23(29)18-9-11-19(12-10-18)24-21(27)14-26(4)15-22(28)25-20-8-6-7-16(2)17(20)3/h6-12H,5,13-15H2,1-4H3,(H,24,27)(H,25,28)/p+1. The minimum absolute atomic E-state index is 0.139. The Morgan fingerprint density at radius 1 is 0.933 bits per heavy atom. The molecule has 7 nitrogen and oxygen atoms in total. The fourth-order valence-electron chi connectivity index (χ4n) is 2.86. The lowest BCUT2D eigenvalue weighted by Crippen LogP contribution is -3.11. The number of ether oxygens (including phenoxy) is 1. The first-order valence-corrected chi connectivity index (χ1v) is 10.0. The van der Waals surface area contributed by atoms with Gasteiger partial charge in [-0.25, -0.2) is 4.79 Å². The van der Waals surface area contributed by atoms with Crippen LogP contribution < -0.4 is 15.5 Å². The molecule has 2 amide bonds. The molecular formula is C23H30N3O4+. The van der Waals surface area contributed by atoms with Gasteiger partial charge in [0.15, 0.2) is 13.1 Å². The van der Waals surface area contributed by atoms with E-state index in [4.69, 9.17) is 4.74 Å². The quantitative estimate of drug-likeness (QED) is 0.550. The van der Waals surface area contributed by atoms with Crippen LogP contribution in [0.4, 0.5) is 11.4 Å². The molecule has 1 unspecified atom stereocenters. The van der Waals surface area contributed by atoms with Crippen LogP contribution in [-0.2, 0) is 14.3 Å². The predicted molar refractivity (Wildman–Crippen MR) is 117 cm³/mol. The summed E-state index contributed by atoms with van der Waals surface area (Å²) in [6.07, 6.45) is 0.762. The van der Waals surface area contributed by atoms with Gasteiger partial charge in [0.1, 0.15) is 0 Å². The van der Waals surface area contributed by atoms with Gasteiger partial charge in [0.05, 0.1) is 19.2 Å². The van der Waals surface area contributed by atoms with Gasteiger partial charge in [0, 0.05) is 11.4 Å². The van der Waals surface area contributed by atoms with E-state index in [0.29, 0.717) is 17.9 Å². The lowest BCUT2D eigenvalue weighted by atomic mass is 10.1. The molecule has 0 aromatic heterocycles. The Bertz CT molecular complexity index is 894. The Kier molecular flexibility index (Phi) is 8.55. The average molecular weight is 413 g/mol. The molecule has 0 heterocycles. The van der Waals surface area contributed by atoms with Crippen molar-refractivity contribution in [3.8, 4) is 0 Å². The van der Waals surface area contributed by atoms with Gasteiger partial charge >= 0.3 is 5.97 Å². The Labute approximate surface area is 177 Å². The van der Waals surface area contributed by atoms with E-state index in [1.807, 2.05) is 39.0 Å². The third-order valence-electron chi connectivity index (χ3n) is 4.65. The smallest absolute Gasteiger partial charge is 0.338 e. The lowest BCUT2D eigenvalue weighted by Gasteiger charge is -2.15. The van der Waals surface area contributed by atoms with Gasteiger partial charge in [-0.05, 0) is 61.7 Å². The molecule has 0 saturated carbocycles. The summed E-state index contributed by atoms with van der Waals surface area (Å²) in [5.74, 6) is -0.744. The van der Waals surface area contributed by atoms with Crippen LogP contribution >= 0.6 is 0 Å². The average Bonchev–Trinajstić information content (AvgIpc) is 2.69. The van der Waals surface area contributed by atoms with Crippen LogP contribution in [0.15, 0.2) is 42.5 Å². The fourth-order valence-corrected chi connectivity index (χ4v) is 2.86. The Balaban J connectivity index is 1.82. The van der Waals surface area contributed by atoms with Crippen LogP contribution in [0, 0.1) is 13.8 Å². The Morgan fingerprint density at radius 2 is 1.57 bits per heavy atom. The second kappa shape index (κ2) is 11.1. The number of hydrogen-bond acceptors (Lipinski definition) is 4. The van der Waals surface area contributed by atoms with Crippen molar-refractivity contribution in [3.63, 3.8) is 0 Å². The van der Waals surface area contributed by atoms with Gasteiger partial charge in [0.25, 0.3) is 11.8 Å². The van der Waals surface area contributed by atoms with Crippen molar-refractivity contribution in [1.29, 1.82) is 0 Å². The fraction of sp³-hybridized carbons (Fsp3) is 0.348. The zero-order valence-corrected chi connectivity index (χ0v) is 18.0. The lowest BCUT2D eigenvalue weighted by molar-refractivity contribution is -0.862. The number of carbonyl (C=O) groups excluding carboxylic acids is 3. The summed E-state index contributed by atoms with van der Waals surface area (Å²) in [7, 11) is 1.79. The van der Waals surface area contributed by atoms with Crippen molar-refractivity contribution >= 4 is 29.2 Å². The van der Waals surface area contributed by atoms with Crippen LogP contribution in [0.1, 0.15) is 34.8 Å². The first-order valence-electron chi connectivity index (χ1n) is 10.0. The molecule has 2 rings (SSSR count). The zero-order chi connectivity index (χ0) is 22.1. The largest absolute Gasteiger partial charge is 0.462 e. The van der Waals surface area contributed by atoms with Gasteiger partial charge in [-0.2, -0.15) is 0 Å².